The van der Waals surface area contributed by atoms with Crippen LogP contribution in [0.4, 0.5) is 10.7 Å². The normalized spacial score (nSPS) is 10.6. The number of anilines is 1. The number of hydrogen-bond acceptors (Lipinski definition) is 5. The molecule has 0 fully saturated rings. The van der Waals surface area contributed by atoms with Crippen molar-refractivity contribution in [3.63, 3.8) is 0 Å². The molecule has 0 spiro atoms. The van der Waals surface area contributed by atoms with Crippen LogP contribution in [0.25, 0.3) is 22.2 Å². The molecule has 0 atom stereocenters. The number of aromatic nitrogens is 3. The van der Waals surface area contributed by atoms with Crippen molar-refractivity contribution in [3.05, 3.63) is 42.2 Å². The van der Waals surface area contributed by atoms with E-state index in [1.165, 1.54) is 0 Å². The van der Waals surface area contributed by atoms with Crippen LogP contribution in [0, 0.1) is 0 Å². The molecule has 0 unspecified atom stereocenters. The summed E-state index contributed by atoms with van der Waals surface area (Å²) < 4.78 is 0. The van der Waals surface area contributed by atoms with Gasteiger partial charge in [0, 0.05) is 31.0 Å². The Morgan fingerprint density at radius 3 is 2.78 bits per heavy atom. The molecule has 3 aromatic rings. The quantitative estimate of drug-likeness (QED) is 0.450. The first kappa shape index (κ1) is 18.3. The van der Waals surface area contributed by atoms with Gasteiger partial charge in [-0.05, 0) is 30.7 Å². The number of pyridine rings is 1. The molecule has 5 N–H and O–H groups in total. The Morgan fingerprint density at radius 1 is 1.22 bits per heavy atom. The molecular formula is C18H20N6O3. The molecule has 3 amide bonds. The number of nitrogens with zero attached hydrogens (tertiary/aromatic N) is 2. The van der Waals surface area contributed by atoms with Crippen molar-refractivity contribution < 1.29 is 14.7 Å². The van der Waals surface area contributed by atoms with Gasteiger partial charge >= 0.3 is 6.03 Å². The van der Waals surface area contributed by atoms with Crippen LogP contribution in [0.2, 0.25) is 0 Å². The second-order valence-corrected chi connectivity index (χ2v) is 5.71. The first-order valence-corrected chi connectivity index (χ1v) is 8.50. The van der Waals surface area contributed by atoms with Crippen molar-refractivity contribution in [2.45, 2.75) is 6.92 Å². The number of carbonyl (C=O) groups excluding carboxylic acids is 2. The summed E-state index contributed by atoms with van der Waals surface area (Å²) in [6.07, 6.45) is 3.36. The lowest BCUT2D eigenvalue weighted by molar-refractivity contribution is 0.0946. The van der Waals surface area contributed by atoms with Crippen molar-refractivity contribution in [1.29, 1.82) is 0 Å². The van der Waals surface area contributed by atoms with Crippen molar-refractivity contribution >= 4 is 28.9 Å². The molecule has 140 valence electrons. The third-order valence-corrected chi connectivity index (χ3v) is 3.80. The van der Waals surface area contributed by atoms with Crippen LogP contribution in [-0.4, -0.2) is 51.7 Å². The van der Waals surface area contributed by atoms with Crippen LogP contribution in [-0.2, 0) is 0 Å². The number of benzene rings is 1. The monoisotopic (exact) mass is 368 g/mol. The maximum atomic E-state index is 12.5. The zero-order chi connectivity index (χ0) is 19.2. The molecule has 0 bridgehead atoms. The van der Waals surface area contributed by atoms with E-state index in [9.17, 15) is 9.59 Å². The van der Waals surface area contributed by atoms with E-state index >= 15 is 0 Å². The molecule has 0 saturated carbocycles. The average Bonchev–Trinajstić information content (AvgIpc) is 3.08. The topological polar surface area (TPSA) is 132 Å². The smallest absolute Gasteiger partial charge is 0.321 e. The molecule has 1 aromatic carbocycles. The van der Waals surface area contributed by atoms with Gasteiger partial charge in [-0.15, -0.1) is 0 Å². The first-order valence-electron chi connectivity index (χ1n) is 8.50. The fourth-order valence-electron chi connectivity index (χ4n) is 2.63. The molecule has 0 aliphatic heterocycles. The zero-order valence-electron chi connectivity index (χ0n) is 14.7. The predicted octanol–water partition coefficient (Wildman–Crippen LogP) is 1.49. The number of H-pyrrole nitrogens is 1. The predicted molar refractivity (Wildman–Crippen MR) is 101 cm³/mol. The molecule has 0 aliphatic rings. The van der Waals surface area contributed by atoms with Gasteiger partial charge in [0.05, 0.1) is 23.2 Å². The lowest BCUT2D eigenvalue weighted by Crippen LogP contribution is -2.28. The van der Waals surface area contributed by atoms with E-state index in [0.717, 1.165) is 11.1 Å². The fourth-order valence-corrected chi connectivity index (χ4v) is 2.63. The van der Waals surface area contributed by atoms with E-state index in [1.54, 1.807) is 24.5 Å². The highest BCUT2D eigenvalue weighted by Gasteiger charge is 2.17. The third-order valence-electron chi connectivity index (χ3n) is 3.80. The number of aliphatic hydroxyl groups excluding tert-OH is 1. The lowest BCUT2D eigenvalue weighted by atomic mass is 10.0. The van der Waals surface area contributed by atoms with Crippen LogP contribution < -0.4 is 16.0 Å². The Balaban J connectivity index is 2.06. The molecule has 0 saturated heterocycles. The number of imidazole rings is 1. The van der Waals surface area contributed by atoms with Crippen molar-refractivity contribution in [2.24, 2.45) is 0 Å². The first-order chi connectivity index (χ1) is 13.1. The second-order valence-electron chi connectivity index (χ2n) is 5.71. The number of hydrogen-bond donors (Lipinski definition) is 5. The minimum Gasteiger partial charge on any atom is -0.395 e. The summed E-state index contributed by atoms with van der Waals surface area (Å²) >= 11 is 0. The molecule has 0 aliphatic carbocycles. The standard InChI is InChI=1S/C18H20N6O3/c1-2-20-18(27)24-17-22-14-9-12(11-4-3-5-19-10-11)8-13(15(14)23-17)16(26)21-6-7-25/h3-5,8-10,25H,2,6-7H2,1H3,(H,21,26)(H3,20,22,23,24,27). The Bertz CT molecular complexity index is 954. The Hall–Kier alpha value is -3.46. The van der Waals surface area contributed by atoms with Crippen LogP contribution in [0.3, 0.4) is 0 Å². The molecular weight excluding hydrogens is 348 g/mol. The number of fused-ring (bicyclic) bond motifs is 1. The summed E-state index contributed by atoms with van der Waals surface area (Å²) in [4.78, 5) is 35.7. The van der Waals surface area contributed by atoms with Crippen LogP contribution in [0.5, 0.6) is 0 Å². The Kier molecular flexibility index (Phi) is 5.62. The van der Waals surface area contributed by atoms with Gasteiger partial charge in [-0.1, -0.05) is 6.07 Å². The average molecular weight is 368 g/mol. The second kappa shape index (κ2) is 8.28. The van der Waals surface area contributed by atoms with Gasteiger partial charge in [0.25, 0.3) is 5.91 Å². The maximum Gasteiger partial charge on any atom is 0.321 e. The SMILES string of the molecule is CCNC(=O)Nc1nc2cc(-c3cccnc3)cc(C(=O)NCCO)c2[nH]1. The number of aliphatic hydroxyl groups is 1. The van der Waals surface area contributed by atoms with E-state index in [-0.39, 0.29) is 25.0 Å². The van der Waals surface area contributed by atoms with Gasteiger partial charge in [0.2, 0.25) is 5.95 Å². The van der Waals surface area contributed by atoms with E-state index < -0.39 is 6.03 Å². The Morgan fingerprint density at radius 2 is 2.07 bits per heavy atom. The summed E-state index contributed by atoms with van der Waals surface area (Å²) in [5.74, 6) is -0.122. The summed E-state index contributed by atoms with van der Waals surface area (Å²) in [5, 5.41) is 16.8. The third kappa shape index (κ3) is 4.21. The van der Waals surface area contributed by atoms with Gasteiger partial charge in [-0.3, -0.25) is 15.1 Å². The van der Waals surface area contributed by atoms with E-state index in [1.807, 2.05) is 19.1 Å². The summed E-state index contributed by atoms with van der Waals surface area (Å²) in [5.41, 5.74) is 2.97. The molecule has 3 rings (SSSR count). The Labute approximate surface area is 155 Å². The highest BCUT2D eigenvalue weighted by molar-refractivity contribution is 6.07. The number of carbonyl (C=O) groups is 2. The minimum atomic E-state index is -0.393. The molecule has 2 aromatic heterocycles. The molecule has 27 heavy (non-hydrogen) atoms. The largest absolute Gasteiger partial charge is 0.395 e. The highest BCUT2D eigenvalue weighted by atomic mass is 16.3. The molecule has 9 heteroatoms. The van der Waals surface area contributed by atoms with Gasteiger partial charge in [0.1, 0.15) is 0 Å². The summed E-state index contributed by atoms with van der Waals surface area (Å²) in [7, 11) is 0. The van der Waals surface area contributed by atoms with Crippen LogP contribution in [0.1, 0.15) is 17.3 Å². The van der Waals surface area contributed by atoms with Crippen LogP contribution in [0.15, 0.2) is 36.7 Å². The van der Waals surface area contributed by atoms with E-state index in [2.05, 4.69) is 30.9 Å². The lowest BCUT2D eigenvalue weighted by Gasteiger charge is -2.07. The fraction of sp³-hybridized carbons (Fsp3) is 0.222. The number of aromatic amines is 1. The van der Waals surface area contributed by atoms with Gasteiger partial charge in [0.15, 0.2) is 0 Å². The molecule has 0 radical (unpaired) electrons. The van der Waals surface area contributed by atoms with Crippen LogP contribution >= 0.6 is 0 Å². The molecule has 2 heterocycles. The van der Waals surface area contributed by atoms with Gasteiger partial charge in [-0.25, -0.2) is 9.78 Å². The van der Waals surface area contributed by atoms with Crippen molar-refractivity contribution in [1.82, 2.24) is 25.6 Å². The highest BCUT2D eigenvalue weighted by Crippen LogP contribution is 2.27. The maximum absolute atomic E-state index is 12.5. The van der Waals surface area contributed by atoms with E-state index in [0.29, 0.717) is 23.1 Å². The van der Waals surface area contributed by atoms with Gasteiger partial charge < -0.3 is 20.7 Å². The number of nitrogens with one attached hydrogen (secondary N) is 4. The van der Waals surface area contributed by atoms with Crippen molar-refractivity contribution in [2.75, 3.05) is 25.0 Å². The van der Waals surface area contributed by atoms with E-state index in [4.69, 9.17) is 5.11 Å². The number of urea groups is 1. The summed E-state index contributed by atoms with van der Waals surface area (Å²) in [6, 6.07) is 6.83. The van der Waals surface area contributed by atoms with Crippen molar-refractivity contribution in [3.8, 4) is 11.1 Å². The summed E-state index contributed by atoms with van der Waals surface area (Å²) in [6.45, 7) is 2.26. The molecule has 9 nitrogen and oxygen atoms in total. The van der Waals surface area contributed by atoms with Gasteiger partial charge in [-0.2, -0.15) is 0 Å². The zero-order valence-corrected chi connectivity index (χ0v) is 14.7. The number of rotatable bonds is 6. The minimum absolute atomic E-state index is 0.135. The number of amides is 3.